The zero-order valence-corrected chi connectivity index (χ0v) is 9.24. The Morgan fingerprint density at radius 1 is 1.60 bits per heavy atom. The monoisotopic (exact) mass is 205 g/mol. The number of rotatable bonds is 4. The highest BCUT2D eigenvalue weighted by Crippen LogP contribution is 2.11. The molecular formula is C12H19N3. The summed E-state index contributed by atoms with van der Waals surface area (Å²) in [6.07, 6.45) is 3.15. The summed E-state index contributed by atoms with van der Waals surface area (Å²) < 4.78 is 0. The van der Waals surface area contributed by atoms with Crippen molar-refractivity contribution in [3.8, 4) is 0 Å². The van der Waals surface area contributed by atoms with Gasteiger partial charge < -0.3 is 10.6 Å². The molecule has 1 aromatic rings. The maximum atomic E-state index is 4.35. The van der Waals surface area contributed by atoms with Crippen LogP contribution in [0.15, 0.2) is 24.4 Å². The third-order valence-electron chi connectivity index (χ3n) is 3.01. The second kappa shape index (κ2) is 5.24. The SMILES string of the molecule is CC(NCC1CCNC1)c1ccccn1. The van der Waals surface area contributed by atoms with E-state index >= 15 is 0 Å². The third kappa shape index (κ3) is 3.01. The maximum Gasteiger partial charge on any atom is 0.0570 e. The van der Waals surface area contributed by atoms with Gasteiger partial charge in [-0.2, -0.15) is 0 Å². The lowest BCUT2D eigenvalue weighted by atomic mass is 10.1. The first-order valence-corrected chi connectivity index (χ1v) is 5.71. The molecule has 2 unspecified atom stereocenters. The van der Waals surface area contributed by atoms with Gasteiger partial charge in [0.2, 0.25) is 0 Å². The Kier molecular flexibility index (Phi) is 3.69. The van der Waals surface area contributed by atoms with E-state index in [1.54, 1.807) is 0 Å². The van der Waals surface area contributed by atoms with Gasteiger partial charge in [-0.05, 0) is 51.0 Å². The molecule has 2 rings (SSSR count). The van der Waals surface area contributed by atoms with Gasteiger partial charge in [0, 0.05) is 12.2 Å². The summed E-state index contributed by atoms with van der Waals surface area (Å²) in [5, 5.41) is 6.92. The summed E-state index contributed by atoms with van der Waals surface area (Å²) in [5.41, 5.74) is 1.13. The average molecular weight is 205 g/mol. The van der Waals surface area contributed by atoms with E-state index in [0.29, 0.717) is 6.04 Å². The van der Waals surface area contributed by atoms with E-state index < -0.39 is 0 Å². The second-order valence-electron chi connectivity index (χ2n) is 4.24. The minimum atomic E-state index is 0.354. The van der Waals surface area contributed by atoms with Gasteiger partial charge in [-0.25, -0.2) is 0 Å². The molecule has 0 radical (unpaired) electrons. The zero-order chi connectivity index (χ0) is 10.5. The van der Waals surface area contributed by atoms with Crippen LogP contribution in [0.1, 0.15) is 25.1 Å². The van der Waals surface area contributed by atoms with Crippen molar-refractivity contribution in [3.05, 3.63) is 30.1 Å². The molecule has 0 spiro atoms. The molecule has 2 N–H and O–H groups in total. The highest BCUT2D eigenvalue weighted by atomic mass is 15.0. The molecule has 0 aliphatic carbocycles. The highest BCUT2D eigenvalue weighted by molar-refractivity contribution is 5.07. The van der Waals surface area contributed by atoms with E-state index in [2.05, 4.69) is 28.6 Å². The molecule has 1 saturated heterocycles. The smallest absolute Gasteiger partial charge is 0.0570 e. The Balaban J connectivity index is 1.79. The van der Waals surface area contributed by atoms with E-state index in [0.717, 1.165) is 24.7 Å². The molecule has 1 aliphatic rings. The van der Waals surface area contributed by atoms with E-state index in [1.165, 1.54) is 13.0 Å². The van der Waals surface area contributed by atoms with Gasteiger partial charge in [-0.3, -0.25) is 4.98 Å². The first kappa shape index (κ1) is 10.6. The zero-order valence-electron chi connectivity index (χ0n) is 9.24. The summed E-state index contributed by atoms with van der Waals surface area (Å²) in [7, 11) is 0. The van der Waals surface area contributed by atoms with Crippen LogP contribution in [0.2, 0.25) is 0 Å². The molecule has 0 saturated carbocycles. The Bertz CT molecular complexity index is 280. The lowest BCUT2D eigenvalue weighted by Gasteiger charge is -2.16. The molecule has 0 aromatic carbocycles. The Morgan fingerprint density at radius 2 is 2.53 bits per heavy atom. The minimum absolute atomic E-state index is 0.354. The van der Waals surface area contributed by atoms with E-state index in [-0.39, 0.29) is 0 Å². The van der Waals surface area contributed by atoms with Gasteiger partial charge in [0.05, 0.1) is 5.69 Å². The van der Waals surface area contributed by atoms with Crippen molar-refractivity contribution in [3.63, 3.8) is 0 Å². The lowest BCUT2D eigenvalue weighted by Crippen LogP contribution is -2.27. The van der Waals surface area contributed by atoms with Crippen molar-refractivity contribution in [2.24, 2.45) is 5.92 Å². The third-order valence-corrected chi connectivity index (χ3v) is 3.01. The first-order chi connectivity index (χ1) is 7.36. The average Bonchev–Trinajstić information content (AvgIpc) is 2.80. The van der Waals surface area contributed by atoms with Crippen molar-refractivity contribution in [2.45, 2.75) is 19.4 Å². The number of hydrogen-bond donors (Lipinski definition) is 2. The van der Waals surface area contributed by atoms with Crippen molar-refractivity contribution in [1.29, 1.82) is 0 Å². The molecule has 2 heterocycles. The van der Waals surface area contributed by atoms with Gasteiger partial charge in [0.15, 0.2) is 0 Å². The van der Waals surface area contributed by atoms with Gasteiger partial charge in [-0.1, -0.05) is 6.07 Å². The topological polar surface area (TPSA) is 37.0 Å². The quantitative estimate of drug-likeness (QED) is 0.779. The minimum Gasteiger partial charge on any atom is -0.316 e. The van der Waals surface area contributed by atoms with Crippen molar-refractivity contribution in [1.82, 2.24) is 15.6 Å². The largest absolute Gasteiger partial charge is 0.316 e. The molecule has 1 aromatic heterocycles. The van der Waals surface area contributed by atoms with Crippen molar-refractivity contribution in [2.75, 3.05) is 19.6 Å². The van der Waals surface area contributed by atoms with E-state index in [1.807, 2.05) is 18.3 Å². The van der Waals surface area contributed by atoms with Crippen LogP contribution in [0.4, 0.5) is 0 Å². The molecule has 2 atom stereocenters. The summed E-state index contributed by atoms with van der Waals surface area (Å²) in [6.45, 7) is 5.59. The molecule has 82 valence electrons. The van der Waals surface area contributed by atoms with Crippen LogP contribution in [0, 0.1) is 5.92 Å². The Morgan fingerprint density at radius 3 is 3.20 bits per heavy atom. The molecular weight excluding hydrogens is 186 g/mol. The predicted octanol–water partition coefficient (Wildman–Crippen LogP) is 1.34. The fourth-order valence-corrected chi connectivity index (χ4v) is 1.97. The number of hydrogen-bond acceptors (Lipinski definition) is 3. The van der Waals surface area contributed by atoms with E-state index in [9.17, 15) is 0 Å². The van der Waals surface area contributed by atoms with Gasteiger partial charge >= 0.3 is 0 Å². The summed E-state index contributed by atoms with van der Waals surface area (Å²) in [6, 6.07) is 6.42. The van der Waals surface area contributed by atoms with Gasteiger partial charge in [0.1, 0.15) is 0 Å². The van der Waals surface area contributed by atoms with Crippen LogP contribution in [-0.4, -0.2) is 24.6 Å². The number of pyridine rings is 1. The number of aromatic nitrogens is 1. The Hall–Kier alpha value is -0.930. The molecule has 3 heteroatoms. The maximum absolute atomic E-state index is 4.35. The normalized spacial score (nSPS) is 22.9. The van der Waals surface area contributed by atoms with Crippen molar-refractivity contribution >= 4 is 0 Å². The summed E-state index contributed by atoms with van der Waals surface area (Å²) >= 11 is 0. The molecule has 0 amide bonds. The molecule has 1 aliphatic heterocycles. The lowest BCUT2D eigenvalue weighted by molar-refractivity contribution is 0.465. The number of nitrogens with zero attached hydrogens (tertiary/aromatic N) is 1. The van der Waals surface area contributed by atoms with Crippen LogP contribution >= 0.6 is 0 Å². The van der Waals surface area contributed by atoms with Crippen LogP contribution in [0.25, 0.3) is 0 Å². The Labute approximate surface area is 91.3 Å². The van der Waals surface area contributed by atoms with Crippen LogP contribution in [0.3, 0.4) is 0 Å². The van der Waals surface area contributed by atoms with E-state index in [4.69, 9.17) is 0 Å². The fraction of sp³-hybridized carbons (Fsp3) is 0.583. The molecule has 3 nitrogen and oxygen atoms in total. The fourth-order valence-electron chi connectivity index (χ4n) is 1.97. The van der Waals surface area contributed by atoms with Crippen LogP contribution in [0.5, 0.6) is 0 Å². The molecule has 0 bridgehead atoms. The highest BCUT2D eigenvalue weighted by Gasteiger charge is 2.15. The number of nitrogens with one attached hydrogen (secondary N) is 2. The molecule has 15 heavy (non-hydrogen) atoms. The second-order valence-corrected chi connectivity index (χ2v) is 4.24. The van der Waals surface area contributed by atoms with Gasteiger partial charge in [0.25, 0.3) is 0 Å². The van der Waals surface area contributed by atoms with Gasteiger partial charge in [-0.15, -0.1) is 0 Å². The predicted molar refractivity (Wildman–Crippen MR) is 61.6 cm³/mol. The molecule has 1 fully saturated rings. The van der Waals surface area contributed by atoms with Crippen LogP contribution in [-0.2, 0) is 0 Å². The summed E-state index contributed by atoms with van der Waals surface area (Å²) in [5.74, 6) is 0.788. The summed E-state index contributed by atoms with van der Waals surface area (Å²) in [4.78, 5) is 4.35. The van der Waals surface area contributed by atoms with Crippen LogP contribution < -0.4 is 10.6 Å². The van der Waals surface area contributed by atoms with Crippen molar-refractivity contribution < 1.29 is 0 Å². The standard InChI is InChI=1S/C12H19N3/c1-10(12-4-2-3-6-14-12)15-9-11-5-7-13-8-11/h2-4,6,10-11,13,15H,5,7-9H2,1H3. The first-order valence-electron chi connectivity index (χ1n) is 5.71.